The van der Waals surface area contributed by atoms with Crippen LogP contribution < -0.4 is 0 Å². The van der Waals surface area contributed by atoms with Crippen LogP contribution in [0.4, 0.5) is 0 Å². The lowest BCUT2D eigenvalue weighted by atomic mass is 10.0. The van der Waals surface area contributed by atoms with Gasteiger partial charge in [0.15, 0.2) is 0 Å². The predicted molar refractivity (Wildman–Crippen MR) is 139 cm³/mol. The Morgan fingerprint density at radius 2 is 1.04 bits per heavy atom. The third-order valence-corrected chi connectivity index (χ3v) is 9.79. The van der Waals surface area contributed by atoms with Gasteiger partial charge in [-0.15, -0.1) is 23.2 Å². The maximum absolute atomic E-state index is 6.18. The van der Waals surface area contributed by atoms with Crippen LogP contribution in [0.5, 0.6) is 0 Å². The van der Waals surface area contributed by atoms with Gasteiger partial charge in [-0.25, -0.2) is 0 Å². The first-order chi connectivity index (χ1) is 11.8. The molecule has 0 aliphatic heterocycles. The molecule has 0 radical (unpaired) electrons. The molecule has 0 heterocycles. The van der Waals surface area contributed by atoms with Crippen molar-refractivity contribution in [1.82, 2.24) is 0 Å². The van der Waals surface area contributed by atoms with Crippen LogP contribution in [0.1, 0.15) is 67.2 Å². The molecule has 0 aromatic rings. The molecule has 0 amide bonds. The number of halogens is 6. The van der Waals surface area contributed by atoms with Crippen LogP contribution in [0.3, 0.4) is 0 Å². The van der Waals surface area contributed by atoms with Crippen molar-refractivity contribution in [3.05, 3.63) is 23.3 Å². The quantitative estimate of drug-likeness (QED) is 0.161. The third-order valence-electron chi connectivity index (χ3n) is 4.09. The molecule has 156 valence electrons. The zero-order valence-corrected chi connectivity index (χ0v) is 24.7. The highest BCUT2D eigenvalue weighted by Crippen LogP contribution is 2.30. The summed E-state index contributed by atoms with van der Waals surface area (Å²) in [6.07, 6.45) is 8.70. The van der Waals surface area contributed by atoms with Gasteiger partial charge < -0.3 is 0 Å². The van der Waals surface area contributed by atoms with Gasteiger partial charge in [-0.2, -0.15) is 0 Å². The smallest absolute Gasteiger partial charge is 0.0515 e. The monoisotopic (exact) mass is 660 g/mol. The van der Waals surface area contributed by atoms with Gasteiger partial charge in [0, 0.05) is 20.3 Å². The molecule has 0 N–H and O–H groups in total. The summed E-state index contributed by atoms with van der Waals surface area (Å²) in [7, 11) is 0. The highest BCUT2D eigenvalue weighted by Gasteiger charge is 2.24. The van der Waals surface area contributed by atoms with Crippen molar-refractivity contribution >= 4 is 86.9 Å². The average Bonchev–Trinajstić information content (AvgIpc) is 2.55. The molecule has 0 nitrogen and oxygen atoms in total. The summed E-state index contributed by atoms with van der Waals surface area (Å²) in [6, 6.07) is 0. The van der Waals surface area contributed by atoms with E-state index in [0.717, 1.165) is 36.3 Å². The summed E-state index contributed by atoms with van der Waals surface area (Å²) < 4.78 is 0. The molecule has 6 heteroatoms. The van der Waals surface area contributed by atoms with Crippen molar-refractivity contribution in [3.63, 3.8) is 0 Å². The average molecular weight is 665 g/mol. The molecule has 0 rings (SSSR count). The van der Waals surface area contributed by atoms with Crippen molar-refractivity contribution in [2.45, 2.75) is 86.6 Å². The van der Waals surface area contributed by atoms with Crippen molar-refractivity contribution in [2.75, 3.05) is 10.7 Å². The zero-order valence-electron chi connectivity index (χ0n) is 16.8. The van der Waals surface area contributed by atoms with Crippen molar-refractivity contribution < 1.29 is 0 Å². The van der Waals surface area contributed by atoms with Gasteiger partial charge >= 0.3 is 0 Å². The van der Waals surface area contributed by atoms with Crippen LogP contribution in [0.15, 0.2) is 23.3 Å². The third kappa shape index (κ3) is 15.9. The van der Waals surface area contributed by atoms with E-state index in [1.54, 1.807) is 0 Å². The van der Waals surface area contributed by atoms with Crippen molar-refractivity contribution in [3.8, 4) is 0 Å². The van der Waals surface area contributed by atoms with Crippen LogP contribution in [-0.4, -0.2) is 30.1 Å². The fraction of sp³-hybridized carbons (Fsp3) is 0.800. The second-order valence-electron chi connectivity index (χ2n) is 7.30. The standard InChI is InChI=1S/2C10H17Br2Cl/c2*1-4-8(7-11)5-6-9(12)10(2,3)13/h2*4,9H,5-7H2,1-3H3/b2*8-4-. The molecule has 2 unspecified atom stereocenters. The number of hydrogen-bond acceptors (Lipinski definition) is 0. The predicted octanol–water partition coefficient (Wildman–Crippen LogP) is 9.78. The van der Waals surface area contributed by atoms with E-state index in [4.69, 9.17) is 23.2 Å². The van der Waals surface area contributed by atoms with Crippen LogP contribution in [0.25, 0.3) is 0 Å². The maximum Gasteiger partial charge on any atom is 0.0515 e. The Morgan fingerprint density at radius 3 is 1.19 bits per heavy atom. The van der Waals surface area contributed by atoms with E-state index >= 15 is 0 Å². The van der Waals surface area contributed by atoms with Gasteiger partial charge in [0.25, 0.3) is 0 Å². The minimum Gasteiger partial charge on any atom is -0.119 e. The number of alkyl halides is 6. The largest absolute Gasteiger partial charge is 0.119 e. The summed E-state index contributed by atoms with van der Waals surface area (Å²) in [5.74, 6) is 0. The van der Waals surface area contributed by atoms with E-state index in [9.17, 15) is 0 Å². The van der Waals surface area contributed by atoms with Crippen LogP contribution in [-0.2, 0) is 0 Å². The molecule has 0 aliphatic rings. The van der Waals surface area contributed by atoms with Crippen LogP contribution in [0.2, 0.25) is 0 Å². The molecule has 0 aromatic carbocycles. The Labute approximate surface area is 205 Å². The molecule has 0 aromatic heterocycles. The number of rotatable bonds is 10. The van der Waals surface area contributed by atoms with E-state index in [1.807, 2.05) is 27.7 Å². The molecule has 0 saturated heterocycles. The first-order valence-corrected chi connectivity index (χ1v) is 13.7. The lowest BCUT2D eigenvalue weighted by molar-refractivity contribution is 0.616. The summed E-state index contributed by atoms with van der Waals surface area (Å²) >= 11 is 26.5. The number of hydrogen-bond donors (Lipinski definition) is 0. The first kappa shape index (κ1) is 30.2. The van der Waals surface area contributed by atoms with Crippen molar-refractivity contribution in [2.24, 2.45) is 0 Å². The molecule has 0 spiro atoms. The molecule has 0 bridgehead atoms. The Balaban J connectivity index is 0. The van der Waals surface area contributed by atoms with Crippen LogP contribution in [0, 0.1) is 0 Å². The van der Waals surface area contributed by atoms with E-state index < -0.39 is 0 Å². The van der Waals surface area contributed by atoms with E-state index in [-0.39, 0.29) is 9.75 Å². The fourth-order valence-electron chi connectivity index (χ4n) is 1.89. The van der Waals surface area contributed by atoms with Crippen LogP contribution >= 0.6 is 86.9 Å². The normalized spacial score (nSPS) is 16.0. The molecular weight excluding hydrogens is 631 g/mol. The highest BCUT2D eigenvalue weighted by molar-refractivity contribution is 9.10. The molecule has 0 fully saturated rings. The minimum atomic E-state index is -0.162. The van der Waals surface area contributed by atoms with E-state index in [0.29, 0.717) is 9.65 Å². The summed E-state index contributed by atoms with van der Waals surface area (Å²) in [6.45, 7) is 12.3. The summed E-state index contributed by atoms with van der Waals surface area (Å²) in [5.41, 5.74) is 2.87. The molecule has 2 atom stereocenters. The number of allylic oxidation sites excluding steroid dienone is 4. The lowest BCUT2D eigenvalue weighted by Gasteiger charge is -2.23. The Kier molecular flexibility index (Phi) is 18.3. The van der Waals surface area contributed by atoms with Gasteiger partial charge in [0.2, 0.25) is 0 Å². The molecule has 0 saturated carbocycles. The summed E-state index contributed by atoms with van der Waals surface area (Å²) in [4.78, 5) is 0.419. The molecule has 0 aliphatic carbocycles. The molecular formula is C20H34Br4Cl2. The second-order valence-corrected chi connectivity index (χ2v) is 12.6. The minimum absolute atomic E-state index is 0.162. The Morgan fingerprint density at radius 1 is 0.769 bits per heavy atom. The van der Waals surface area contributed by atoms with Gasteiger partial charge in [0.1, 0.15) is 0 Å². The van der Waals surface area contributed by atoms with Gasteiger partial charge in [0.05, 0.1) is 9.75 Å². The summed E-state index contributed by atoms with van der Waals surface area (Å²) in [5, 5.41) is 1.93. The van der Waals surface area contributed by atoms with Crippen molar-refractivity contribution in [1.29, 1.82) is 0 Å². The van der Waals surface area contributed by atoms with Gasteiger partial charge in [-0.05, 0) is 67.2 Å². The topological polar surface area (TPSA) is 0 Å². The Hall–Kier alpha value is 1.98. The van der Waals surface area contributed by atoms with Gasteiger partial charge in [-0.3, -0.25) is 0 Å². The second kappa shape index (κ2) is 15.8. The van der Waals surface area contributed by atoms with Gasteiger partial charge in [-0.1, -0.05) is 87.0 Å². The first-order valence-electron chi connectivity index (χ1n) is 8.89. The fourth-order valence-corrected chi connectivity index (χ4v) is 3.77. The SMILES string of the molecule is C/C=C(\CBr)CCC(Br)C(C)(C)Cl.C/C=C(\CBr)CCC(Br)C(C)(C)Cl. The van der Waals surface area contributed by atoms with E-state index in [2.05, 4.69) is 89.7 Å². The lowest BCUT2D eigenvalue weighted by Crippen LogP contribution is -2.24. The zero-order chi connectivity index (χ0) is 21.0. The van der Waals surface area contributed by atoms with E-state index in [1.165, 1.54) is 11.1 Å². The molecule has 26 heavy (non-hydrogen) atoms. The highest BCUT2D eigenvalue weighted by atomic mass is 79.9. The Bertz CT molecular complexity index is 381. The maximum atomic E-state index is 6.18.